The van der Waals surface area contributed by atoms with E-state index in [1.807, 2.05) is 82.3 Å². The van der Waals surface area contributed by atoms with Gasteiger partial charge in [0.25, 0.3) is 0 Å². The van der Waals surface area contributed by atoms with Gasteiger partial charge in [-0.2, -0.15) is 0 Å². The normalized spacial score (nSPS) is 32.2. The number of aryl methyl sites for hydroxylation is 3. The van der Waals surface area contributed by atoms with Crippen LogP contribution in [-0.4, -0.2) is 194 Å². The minimum absolute atomic E-state index is 0. The maximum Gasteiger partial charge on any atom is 0.307 e. The van der Waals surface area contributed by atoms with E-state index in [0.717, 1.165) is 246 Å². The van der Waals surface area contributed by atoms with Gasteiger partial charge in [0, 0.05) is 79.8 Å². The molecule has 6 aromatic rings. The van der Waals surface area contributed by atoms with Crippen molar-refractivity contribution >= 4 is 87.6 Å². The molecule has 3 aromatic heterocycles. The Morgan fingerprint density at radius 1 is 0.359 bits per heavy atom. The number of carbonyl (C=O) groups is 6. The summed E-state index contributed by atoms with van der Waals surface area (Å²) in [6.07, 6.45) is 42.2. The molecule has 7 aliphatic carbocycles. The van der Waals surface area contributed by atoms with E-state index in [9.17, 15) is 43.2 Å². The molecule has 3 saturated heterocycles. The smallest absolute Gasteiger partial charge is 0.307 e. The molecule has 10 fully saturated rings. The first-order valence-corrected chi connectivity index (χ1v) is 53.4. The van der Waals surface area contributed by atoms with Gasteiger partial charge in [-0.3, -0.25) is 28.8 Å². The van der Waals surface area contributed by atoms with E-state index in [1.165, 1.54) is 6.42 Å². The Morgan fingerprint density at radius 2 is 0.697 bits per heavy atom. The monoisotopic (exact) mass is 2060 g/mol. The minimum Gasteiger partial charge on any atom is -0.540 e. The van der Waals surface area contributed by atoms with Crippen molar-refractivity contribution in [2.45, 2.75) is 379 Å². The molecule has 9 heterocycles. The fourth-order valence-electron chi connectivity index (χ4n) is 27.0. The maximum absolute atomic E-state index is 14.7. The number of methoxy groups -OCH3 is 3. The molecule has 3 aromatic carbocycles. The molecule has 27 nitrogen and oxygen atoms in total. The van der Waals surface area contributed by atoms with E-state index in [1.54, 1.807) is 36.0 Å². The van der Waals surface area contributed by atoms with Crippen LogP contribution in [0.5, 0.6) is 34.9 Å². The van der Waals surface area contributed by atoms with Crippen LogP contribution in [0, 0.1) is 81.3 Å². The van der Waals surface area contributed by atoms with Crippen molar-refractivity contribution in [3.05, 3.63) is 71.7 Å². The number of rotatable bonds is 12. The predicted molar refractivity (Wildman–Crippen MR) is 525 cm³/mol. The summed E-state index contributed by atoms with van der Waals surface area (Å²) in [6.45, 7) is 17.3. The predicted octanol–water partition coefficient (Wildman–Crippen LogP) is 19.5. The first-order chi connectivity index (χ1) is 67.2. The van der Waals surface area contributed by atoms with E-state index in [4.69, 9.17) is 72.5 Å². The fraction of sp³-hybridized carbons (Fsp3) is 0.705. The van der Waals surface area contributed by atoms with E-state index in [2.05, 4.69) is 46.6 Å². The van der Waals surface area contributed by atoms with Crippen LogP contribution in [0.1, 0.15) is 323 Å². The molecule has 3 amide bonds. The second kappa shape index (κ2) is 47.9. The molecule has 2 unspecified atom stereocenters. The summed E-state index contributed by atoms with van der Waals surface area (Å²) in [5, 5.41) is 0. The Hall–Kier alpha value is -7.94. The Morgan fingerprint density at radius 3 is 1.06 bits per heavy atom. The Kier molecular flexibility index (Phi) is 37.0. The van der Waals surface area contributed by atoms with Gasteiger partial charge >= 0.3 is 17.9 Å². The Labute approximate surface area is 875 Å². The summed E-state index contributed by atoms with van der Waals surface area (Å²) in [6, 6.07) is 14.7. The number of fused-ring (bicyclic) bond motifs is 17. The van der Waals surface area contributed by atoms with E-state index in [0.29, 0.717) is 113 Å². The van der Waals surface area contributed by atoms with Crippen LogP contribution < -0.4 is 28.4 Å². The number of aromatic nitrogens is 6. The molecular weight excluding hydrogens is 1910 g/mol. The topological polar surface area (TPSA) is 324 Å². The van der Waals surface area contributed by atoms with Crippen LogP contribution in [0.15, 0.2) is 54.6 Å². The number of amides is 3. The molecule has 0 N–H and O–H groups in total. The molecule has 7 saturated carbocycles. The van der Waals surface area contributed by atoms with Crippen LogP contribution in [-0.2, 0) is 132 Å². The summed E-state index contributed by atoms with van der Waals surface area (Å²) in [5.74, 6) is 2.00. The summed E-state index contributed by atoms with van der Waals surface area (Å²) >= 11 is 0. The minimum atomic E-state index is -0.765. The second-order valence-electron chi connectivity index (χ2n) is 44.7. The quantitative estimate of drug-likeness (QED) is 0.0624. The molecule has 30 heteroatoms. The van der Waals surface area contributed by atoms with Crippen LogP contribution in [0.3, 0.4) is 0 Å². The number of hydrogen-bond donors (Lipinski definition) is 0. The van der Waals surface area contributed by atoms with Crippen molar-refractivity contribution < 1.29 is 141 Å². The van der Waals surface area contributed by atoms with Gasteiger partial charge in [0.2, 0.25) is 35.4 Å². The fourth-order valence-corrected chi connectivity index (χ4v) is 27.0. The standard InChI is InChI=1S/C38H50N3O6.C38H52N3O6.C36H48N3O6.3V/c1-4-25-32(22-42)41-21-34(25)47-36-30(39-29-14-13-24(45-3)19-31(29)40-36)12-8-5-7-11-26-27-17-23(27)18-33(26)46-35(43)20-28(37(41)44)38(2)15-9-6-10-16-38;1-5-27-32(24-42)41-23-33(27)46-35-30(39-29-17-16-26(45-4)21-31(29)40-35)15-9-6-8-13-25-14-12-20-38(25,3)47-34(43)22-28(36(41)44)37(2)18-10-7-11-19-37;1-5-25-30(22-40)39-21-31(25)44-33-28(37-27-15-14-24(43-4)18-29(27)38-33)13-9-6-8-12-23-20-36(23,3)45-32(41)19-26(34(39)42)35(2)16-10-7-11-17-35;;;/h13-14,19,23,25-28,32-34H,4-12,15-18,20-21H2,1-3H3;16-17,21,25,27-28,32-33H,5-15,18-20,22-23H2,1-4H3;14-15,18,23,25-26,30-31H,5-13,16-17,19-21H2,1-4H3;;;/q3*-1;;;/t23?,25-,26+,27?,28+,32+,33+,34-;25-,27+,28-,32-,33+,38-;23-,25+,26-,30-,31+,36-;;;/m011.../s1. The number of ether oxygens (including phenoxy) is 9. The van der Waals surface area contributed by atoms with Gasteiger partial charge in [0.05, 0.1) is 111 Å². The summed E-state index contributed by atoms with van der Waals surface area (Å²) in [7, 11) is 4.88. The Bertz CT molecular complexity index is 5320. The van der Waals surface area contributed by atoms with Gasteiger partial charge in [0.15, 0.2) is 0 Å². The first-order valence-electron chi connectivity index (χ1n) is 53.4. The van der Waals surface area contributed by atoms with Gasteiger partial charge in [0.1, 0.15) is 69.9 Å². The number of carbonyl (C=O) groups excluding carboxylic acids is 9. The van der Waals surface area contributed by atoms with Gasteiger partial charge in [-0.15, -0.1) is 0 Å². The summed E-state index contributed by atoms with van der Waals surface area (Å²) < 4.78 is 55.2. The molecule has 6 aliphatic heterocycles. The molecule has 19 rings (SSSR count). The van der Waals surface area contributed by atoms with Crippen molar-refractivity contribution in [2.75, 3.05) is 41.0 Å². The molecule has 6 bridgehead atoms. The molecule has 20 atom stereocenters. The SMILES string of the molecule is CC[C@@H]1[C@@H]2CN(C(=O)[C@H](C3(C)CCCCC3)CC(=O)O[C@@H]3CC4CC4[C@H]3CCCCCc3nc4ccc(OC)cc4nc3O2)[C@@H]1[C-]=O.CC[C@@H]1[C@@H]2CN(C(=O)[C@H](C3(C)CCCCC3)CC(=O)O[C@]3(C)CCC[C@H]3CCCCCc3nc4ccc(OC)cc4nc3O2)[C@@H]1[C-]=O.CC[C@@H]1[C@@H]2CN(C(=O)[C@H](C3(C)CCCCC3)CC(=O)O[C@]3(C)C[C@H]3CCCCCc3nc4ccc(OC)cc4nc3O2)[C@@H]1[C-]=O.[V].[V].[V]. The van der Waals surface area contributed by atoms with Gasteiger partial charge in [-0.1, -0.05) is 175 Å². The van der Waals surface area contributed by atoms with Crippen molar-refractivity contribution in [2.24, 2.45) is 81.3 Å². The van der Waals surface area contributed by atoms with E-state index >= 15 is 0 Å². The summed E-state index contributed by atoms with van der Waals surface area (Å²) in [4.78, 5) is 158. The molecule has 13 aliphatic rings. The average Bonchev–Trinajstić information content (AvgIpc) is 1.59. The largest absolute Gasteiger partial charge is 0.540 e. The van der Waals surface area contributed by atoms with Crippen molar-refractivity contribution in [1.29, 1.82) is 0 Å². The zero-order valence-corrected chi connectivity index (χ0v) is 89.8. The number of hydrogen-bond acceptors (Lipinski definition) is 24. The molecular formula is C112H150N9O18V3-3. The van der Waals surface area contributed by atoms with Crippen LogP contribution in [0.25, 0.3) is 33.1 Å². The third-order valence-electron chi connectivity index (χ3n) is 35.8. The first kappa shape index (κ1) is 110. The van der Waals surface area contributed by atoms with E-state index < -0.39 is 65.4 Å². The van der Waals surface area contributed by atoms with Gasteiger partial charge in [-0.25, -0.2) is 48.8 Å². The number of esters is 3. The van der Waals surface area contributed by atoms with Crippen molar-refractivity contribution in [3.63, 3.8) is 0 Å². The number of benzene rings is 3. The van der Waals surface area contributed by atoms with Crippen LogP contribution in [0.2, 0.25) is 0 Å². The molecule has 769 valence electrons. The van der Waals surface area contributed by atoms with Gasteiger partial charge in [-0.05, 0) is 243 Å². The average molecular weight is 2060 g/mol. The van der Waals surface area contributed by atoms with Crippen LogP contribution in [0.4, 0.5) is 0 Å². The van der Waals surface area contributed by atoms with E-state index in [-0.39, 0.29) is 170 Å². The molecule has 0 spiro atoms. The van der Waals surface area contributed by atoms with Crippen molar-refractivity contribution in [3.8, 4) is 34.9 Å². The maximum atomic E-state index is 14.7. The third kappa shape index (κ3) is 24.1. The Balaban J connectivity index is 0.000000167. The summed E-state index contributed by atoms with van der Waals surface area (Å²) in [5.41, 5.74) is 4.73. The zero-order chi connectivity index (χ0) is 97.7. The second-order valence-corrected chi connectivity index (χ2v) is 44.7. The molecule has 142 heavy (non-hydrogen) atoms. The van der Waals surface area contributed by atoms with Gasteiger partial charge < -0.3 is 71.7 Å². The molecule has 3 radical (unpaired) electrons. The van der Waals surface area contributed by atoms with Crippen molar-refractivity contribution in [1.82, 2.24) is 44.6 Å². The number of nitrogens with zero attached hydrogens (tertiary/aromatic N) is 9. The third-order valence-corrected chi connectivity index (χ3v) is 35.8. The van der Waals surface area contributed by atoms with Crippen LogP contribution >= 0.6 is 0 Å². The zero-order valence-electron chi connectivity index (χ0n) is 85.6.